The highest BCUT2D eigenvalue weighted by molar-refractivity contribution is 5.94. The number of amides is 1. The zero-order valence-corrected chi connectivity index (χ0v) is 17.5. The van der Waals surface area contributed by atoms with Gasteiger partial charge < -0.3 is 19.3 Å². The van der Waals surface area contributed by atoms with Crippen LogP contribution in [0.5, 0.6) is 5.75 Å². The number of alkyl halides is 3. The highest BCUT2D eigenvalue weighted by atomic mass is 19.4. The van der Waals surface area contributed by atoms with Crippen molar-refractivity contribution in [2.75, 3.05) is 46.9 Å². The smallest absolute Gasteiger partial charge is 0.420 e. The second-order valence-electron chi connectivity index (χ2n) is 7.82. The van der Waals surface area contributed by atoms with Crippen LogP contribution in [0.4, 0.5) is 13.2 Å². The molecule has 31 heavy (non-hydrogen) atoms. The fourth-order valence-corrected chi connectivity index (χ4v) is 4.07. The van der Waals surface area contributed by atoms with Crippen LogP contribution in [0, 0.1) is 0 Å². The first-order chi connectivity index (χ1) is 14.8. The minimum atomic E-state index is -4.57. The lowest BCUT2D eigenvalue weighted by molar-refractivity contribution is -0.138. The standard InChI is InChI=1S/C21H25F3N4O3/c1-26-7-3-8-27(10-9-26)20(29)19-15-13-31-11-6-17(15)28(25-19)14-4-5-18(30-2)16(12-14)21(22,23)24/h4-5,12H,3,6-11,13H2,1-2H3. The van der Waals surface area contributed by atoms with E-state index in [-0.39, 0.29) is 29.6 Å². The summed E-state index contributed by atoms with van der Waals surface area (Å²) in [7, 11) is 3.22. The van der Waals surface area contributed by atoms with Crippen LogP contribution in [0.3, 0.4) is 0 Å². The van der Waals surface area contributed by atoms with Crippen molar-refractivity contribution in [3.8, 4) is 11.4 Å². The van der Waals surface area contributed by atoms with Crippen LogP contribution in [-0.4, -0.2) is 72.4 Å². The normalized spacial score (nSPS) is 17.9. The minimum Gasteiger partial charge on any atom is -0.496 e. The number of nitrogens with zero attached hydrogens (tertiary/aromatic N) is 4. The monoisotopic (exact) mass is 438 g/mol. The Balaban J connectivity index is 1.75. The first kappa shape index (κ1) is 21.6. The molecule has 1 fully saturated rings. The highest BCUT2D eigenvalue weighted by Gasteiger charge is 2.36. The summed E-state index contributed by atoms with van der Waals surface area (Å²) < 4.78 is 52.4. The average molecular weight is 438 g/mol. The average Bonchev–Trinajstić information content (AvgIpc) is 3.00. The fraction of sp³-hybridized carbons (Fsp3) is 0.524. The van der Waals surface area contributed by atoms with Gasteiger partial charge in [0, 0.05) is 31.6 Å². The maximum atomic E-state index is 13.5. The van der Waals surface area contributed by atoms with E-state index in [0.29, 0.717) is 37.4 Å². The van der Waals surface area contributed by atoms with Crippen molar-refractivity contribution in [2.45, 2.75) is 25.6 Å². The lowest BCUT2D eigenvalue weighted by Crippen LogP contribution is -2.35. The van der Waals surface area contributed by atoms with Crippen LogP contribution in [0.2, 0.25) is 0 Å². The summed E-state index contributed by atoms with van der Waals surface area (Å²) in [5.41, 5.74) is 0.967. The number of hydrogen-bond donors (Lipinski definition) is 0. The number of fused-ring (bicyclic) bond motifs is 1. The van der Waals surface area contributed by atoms with Gasteiger partial charge in [-0.15, -0.1) is 0 Å². The molecule has 1 aromatic carbocycles. The van der Waals surface area contributed by atoms with Gasteiger partial charge in [-0.2, -0.15) is 18.3 Å². The first-order valence-corrected chi connectivity index (χ1v) is 10.2. The van der Waals surface area contributed by atoms with Gasteiger partial charge in [-0.05, 0) is 38.2 Å². The van der Waals surface area contributed by atoms with E-state index in [4.69, 9.17) is 9.47 Å². The fourth-order valence-electron chi connectivity index (χ4n) is 4.07. The van der Waals surface area contributed by atoms with Gasteiger partial charge in [0.2, 0.25) is 0 Å². The molecule has 0 spiro atoms. The number of carbonyl (C=O) groups excluding carboxylic acids is 1. The van der Waals surface area contributed by atoms with Crippen LogP contribution >= 0.6 is 0 Å². The lowest BCUT2D eigenvalue weighted by atomic mass is 10.1. The maximum absolute atomic E-state index is 13.5. The van der Waals surface area contributed by atoms with Crippen molar-refractivity contribution in [3.05, 3.63) is 40.7 Å². The third-order valence-corrected chi connectivity index (χ3v) is 5.76. The molecule has 1 saturated heterocycles. The Kier molecular flexibility index (Phi) is 5.94. The highest BCUT2D eigenvalue weighted by Crippen LogP contribution is 2.38. The lowest BCUT2D eigenvalue weighted by Gasteiger charge is -2.20. The Bertz CT molecular complexity index is 974. The Morgan fingerprint density at radius 1 is 1.19 bits per heavy atom. The number of aromatic nitrogens is 2. The van der Waals surface area contributed by atoms with Gasteiger partial charge in [0.05, 0.1) is 37.3 Å². The Morgan fingerprint density at radius 2 is 2.00 bits per heavy atom. The van der Waals surface area contributed by atoms with E-state index in [1.165, 1.54) is 23.9 Å². The number of methoxy groups -OCH3 is 1. The van der Waals surface area contributed by atoms with E-state index in [0.717, 1.165) is 25.6 Å². The molecular weight excluding hydrogens is 413 g/mol. The van der Waals surface area contributed by atoms with Crippen LogP contribution in [-0.2, 0) is 23.9 Å². The first-order valence-electron chi connectivity index (χ1n) is 10.2. The third-order valence-electron chi connectivity index (χ3n) is 5.76. The van der Waals surface area contributed by atoms with E-state index in [2.05, 4.69) is 10.00 Å². The van der Waals surface area contributed by atoms with Crippen LogP contribution in [0.15, 0.2) is 18.2 Å². The van der Waals surface area contributed by atoms with Gasteiger partial charge in [-0.1, -0.05) is 0 Å². The quantitative estimate of drug-likeness (QED) is 0.738. The summed E-state index contributed by atoms with van der Waals surface area (Å²) in [4.78, 5) is 17.2. The molecule has 0 unspecified atom stereocenters. The number of hydrogen-bond acceptors (Lipinski definition) is 5. The number of carbonyl (C=O) groups is 1. The number of ether oxygens (including phenoxy) is 2. The molecule has 2 aromatic rings. The zero-order chi connectivity index (χ0) is 22.2. The van der Waals surface area contributed by atoms with Crippen molar-refractivity contribution in [1.82, 2.24) is 19.6 Å². The summed E-state index contributed by atoms with van der Waals surface area (Å²) in [6, 6.07) is 3.81. The molecule has 168 valence electrons. The molecule has 2 aliphatic rings. The van der Waals surface area contributed by atoms with E-state index in [1.807, 2.05) is 7.05 Å². The molecule has 4 rings (SSSR count). The number of halogens is 3. The molecule has 7 nitrogen and oxygen atoms in total. The van der Waals surface area contributed by atoms with Gasteiger partial charge in [0.1, 0.15) is 5.75 Å². The summed E-state index contributed by atoms with van der Waals surface area (Å²) in [6.07, 6.45) is -3.25. The zero-order valence-electron chi connectivity index (χ0n) is 17.5. The second-order valence-corrected chi connectivity index (χ2v) is 7.82. The SMILES string of the molecule is COc1ccc(-n2nc(C(=O)N3CCCN(C)CC3)c3c2CCOC3)cc1C(F)(F)F. The summed E-state index contributed by atoms with van der Waals surface area (Å²) >= 11 is 0. The largest absolute Gasteiger partial charge is 0.496 e. The number of benzene rings is 1. The number of rotatable bonds is 3. The molecule has 1 amide bonds. The molecule has 0 saturated carbocycles. The predicted molar refractivity (Wildman–Crippen MR) is 106 cm³/mol. The Morgan fingerprint density at radius 3 is 2.74 bits per heavy atom. The van der Waals surface area contributed by atoms with Crippen molar-refractivity contribution >= 4 is 5.91 Å². The van der Waals surface area contributed by atoms with Gasteiger partial charge in [0.25, 0.3) is 5.91 Å². The maximum Gasteiger partial charge on any atom is 0.420 e. The Hall–Kier alpha value is -2.59. The molecule has 3 heterocycles. The molecule has 0 bridgehead atoms. The summed E-state index contributed by atoms with van der Waals surface area (Å²) in [6.45, 7) is 3.50. The topological polar surface area (TPSA) is 59.8 Å². The molecule has 10 heteroatoms. The van der Waals surface area contributed by atoms with Crippen molar-refractivity contribution in [2.24, 2.45) is 0 Å². The van der Waals surface area contributed by atoms with Crippen molar-refractivity contribution in [1.29, 1.82) is 0 Å². The van der Waals surface area contributed by atoms with Gasteiger partial charge in [-0.3, -0.25) is 4.79 Å². The molecule has 0 atom stereocenters. The Labute approximate surface area is 178 Å². The molecule has 0 N–H and O–H groups in total. The molecule has 2 aliphatic heterocycles. The van der Waals surface area contributed by atoms with Crippen molar-refractivity contribution < 1.29 is 27.4 Å². The predicted octanol–water partition coefficient (Wildman–Crippen LogP) is 2.75. The van der Waals surface area contributed by atoms with Crippen molar-refractivity contribution in [3.63, 3.8) is 0 Å². The van der Waals surface area contributed by atoms with Crippen LogP contribution < -0.4 is 4.74 Å². The van der Waals surface area contributed by atoms with Gasteiger partial charge in [-0.25, -0.2) is 4.68 Å². The molecule has 0 aliphatic carbocycles. The van der Waals surface area contributed by atoms with E-state index in [9.17, 15) is 18.0 Å². The molecule has 1 aromatic heterocycles. The minimum absolute atomic E-state index is 0.208. The van der Waals surface area contributed by atoms with Gasteiger partial charge in [0.15, 0.2) is 5.69 Å². The van der Waals surface area contributed by atoms with E-state index >= 15 is 0 Å². The van der Waals surface area contributed by atoms with E-state index < -0.39 is 11.7 Å². The summed E-state index contributed by atoms with van der Waals surface area (Å²) in [5.74, 6) is -0.467. The summed E-state index contributed by atoms with van der Waals surface area (Å²) in [5, 5.41) is 4.49. The second kappa shape index (κ2) is 8.51. The van der Waals surface area contributed by atoms with Gasteiger partial charge >= 0.3 is 6.18 Å². The molecular formula is C21H25F3N4O3. The van der Waals surface area contributed by atoms with Crippen LogP contribution in [0.1, 0.15) is 33.7 Å². The number of likely N-dealkylation sites (N-methyl/N-ethyl adjacent to an activating group) is 1. The van der Waals surface area contributed by atoms with Crippen LogP contribution in [0.25, 0.3) is 5.69 Å². The van der Waals surface area contributed by atoms with E-state index in [1.54, 1.807) is 4.90 Å². The third kappa shape index (κ3) is 4.27. The molecule has 0 radical (unpaired) electrons.